The maximum Gasteiger partial charge on any atom is 0.328 e. The van der Waals surface area contributed by atoms with Crippen LogP contribution in [-0.2, 0) is 9.53 Å². The van der Waals surface area contributed by atoms with Gasteiger partial charge in [0.05, 0.1) is 12.6 Å². The van der Waals surface area contributed by atoms with Crippen molar-refractivity contribution < 1.29 is 14.6 Å². The normalized spacial score (nSPS) is 18.9. The zero-order chi connectivity index (χ0) is 13.8. The first-order valence-electron chi connectivity index (χ1n) is 6.09. The van der Waals surface area contributed by atoms with Gasteiger partial charge < -0.3 is 14.7 Å². The zero-order valence-corrected chi connectivity index (χ0v) is 12.3. The van der Waals surface area contributed by atoms with E-state index in [1.807, 2.05) is 25.2 Å². The van der Waals surface area contributed by atoms with E-state index in [4.69, 9.17) is 9.84 Å². The molecule has 1 N–H and O–H groups in total. The molecule has 1 saturated heterocycles. The van der Waals surface area contributed by atoms with Crippen LogP contribution in [0.15, 0.2) is 28.7 Å². The molecule has 0 bridgehead atoms. The number of aliphatic carboxylic acids is 1. The van der Waals surface area contributed by atoms with E-state index in [1.165, 1.54) is 0 Å². The predicted octanol–water partition coefficient (Wildman–Crippen LogP) is 2.77. The Kier molecular flexibility index (Phi) is 4.61. The standard InChI is InChI=1S/C14H16BrNO3/c1-16(12-6-7-19-9-12)13-4-3-11(15)8-10(13)2-5-14(17)18/h2-5,8,12H,6-7,9H2,1H3,(H,17,18)/b5-2+. The number of carbonyl (C=O) groups is 1. The molecule has 1 aliphatic rings. The first kappa shape index (κ1) is 14.1. The average Bonchev–Trinajstić information content (AvgIpc) is 2.89. The van der Waals surface area contributed by atoms with Crippen LogP contribution >= 0.6 is 15.9 Å². The van der Waals surface area contributed by atoms with Crippen molar-refractivity contribution in [1.29, 1.82) is 0 Å². The van der Waals surface area contributed by atoms with Gasteiger partial charge in [-0.25, -0.2) is 4.79 Å². The summed E-state index contributed by atoms with van der Waals surface area (Å²) in [5.41, 5.74) is 1.89. The van der Waals surface area contributed by atoms with Crippen LogP contribution in [0.4, 0.5) is 5.69 Å². The van der Waals surface area contributed by atoms with Crippen LogP contribution in [0.1, 0.15) is 12.0 Å². The highest BCUT2D eigenvalue weighted by Gasteiger charge is 2.21. The molecule has 1 aromatic carbocycles. The van der Waals surface area contributed by atoms with Gasteiger partial charge >= 0.3 is 5.97 Å². The second-order valence-corrected chi connectivity index (χ2v) is 5.42. The van der Waals surface area contributed by atoms with Crippen molar-refractivity contribution in [2.24, 2.45) is 0 Å². The van der Waals surface area contributed by atoms with E-state index in [0.29, 0.717) is 12.6 Å². The molecule has 4 nitrogen and oxygen atoms in total. The highest BCUT2D eigenvalue weighted by molar-refractivity contribution is 9.10. The molecule has 1 fully saturated rings. The summed E-state index contributed by atoms with van der Waals surface area (Å²) in [7, 11) is 2.01. The molecule has 0 amide bonds. The Morgan fingerprint density at radius 2 is 2.37 bits per heavy atom. The molecule has 5 heteroatoms. The van der Waals surface area contributed by atoms with Crippen molar-refractivity contribution in [2.45, 2.75) is 12.5 Å². The summed E-state index contributed by atoms with van der Waals surface area (Å²) >= 11 is 3.41. The fourth-order valence-corrected chi connectivity index (χ4v) is 2.54. The number of carboxylic acids is 1. The van der Waals surface area contributed by atoms with E-state index in [9.17, 15) is 4.79 Å². The Morgan fingerprint density at radius 1 is 1.58 bits per heavy atom. The molecule has 0 aromatic heterocycles. The topological polar surface area (TPSA) is 49.8 Å². The van der Waals surface area contributed by atoms with Gasteiger partial charge in [0.15, 0.2) is 0 Å². The molecular formula is C14H16BrNO3. The third-order valence-corrected chi connectivity index (χ3v) is 3.72. The van der Waals surface area contributed by atoms with E-state index in [2.05, 4.69) is 20.8 Å². The van der Waals surface area contributed by atoms with E-state index in [-0.39, 0.29) is 0 Å². The summed E-state index contributed by atoms with van der Waals surface area (Å²) in [6, 6.07) is 6.21. The minimum absolute atomic E-state index is 0.346. The lowest BCUT2D eigenvalue weighted by Gasteiger charge is -2.27. The van der Waals surface area contributed by atoms with Crippen molar-refractivity contribution in [2.75, 3.05) is 25.2 Å². The molecule has 1 aliphatic heterocycles. The number of likely N-dealkylation sites (N-methyl/N-ethyl adjacent to an activating group) is 1. The van der Waals surface area contributed by atoms with Crippen LogP contribution in [0.5, 0.6) is 0 Å². The Balaban J connectivity index is 2.30. The third-order valence-electron chi connectivity index (χ3n) is 3.23. The minimum atomic E-state index is -0.947. The highest BCUT2D eigenvalue weighted by atomic mass is 79.9. The molecule has 0 spiro atoms. The maximum absolute atomic E-state index is 10.7. The minimum Gasteiger partial charge on any atom is -0.478 e. The summed E-state index contributed by atoms with van der Waals surface area (Å²) in [5, 5.41) is 8.75. The van der Waals surface area contributed by atoms with E-state index >= 15 is 0 Å². The van der Waals surface area contributed by atoms with Gasteiger partial charge in [0.1, 0.15) is 0 Å². The van der Waals surface area contributed by atoms with Crippen LogP contribution in [0.25, 0.3) is 6.08 Å². The van der Waals surface area contributed by atoms with Gasteiger partial charge in [-0.3, -0.25) is 0 Å². The van der Waals surface area contributed by atoms with Crippen molar-refractivity contribution in [3.8, 4) is 0 Å². The van der Waals surface area contributed by atoms with Gasteiger partial charge in [0.2, 0.25) is 0 Å². The monoisotopic (exact) mass is 325 g/mol. The number of halogens is 1. The zero-order valence-electron chi connectivity index (χ0n) is 10.7. The van der Waals surface area contributed by atoms with E-state index < -0.39 is 5.97 Å². The lowest BCUT2D eigenvalue weighted by molar-refractivity contribution is -0.131. The first-order chi connectivity index (χ1) is 9.08. The molecule has 0 aliphatic carbocycles. The Hall–Kier alpha value is -1.33. The van der Waals surface area contributed by atoms with Crippen molar-refractivity contribution >= 4 is 33.7 Å². The van der Waals surface area contributed by atoms with Crippen LogP contribution in [0, 0.1) is 0 Å². The summed E-state index contributed by atoms with van der Waals surface area (Å²) < 4.78 is 6.33. The number of benzene rings is 1. The number of ether oxygens (including phenoxy) is 1. The molecule has 1 heterocycles. The second kappa shape index (κ2) is 6.21. The molecular weight excluding hydrogens is 310 g/mol. The predicted molar refractivity (Wildman–Crippen MR) is 78.4 cm³/mol. The van der Waals surface area contributed by atoms with Gasteiger partial charge in [0, 0.05) is 29.9 Å². The number of hydrogen-bond donors (Lipinski definition) is 1. The molecule has 19 heavy (non-hydrogen) atoms. The summed E-state index contributed by atoms with van der Waals surface area (Å²) in [6.45, 7) is 1.50. The van der Waals surface area contributed by atoms with Gasteiger partial charge in [0.25, 0.3) is 0 Å². The summed E-state index contributed by atoms with van der Waals surface area (Å²) in [5.74, 6) is -0.947. The largest absolute Gasteiger partial charge is 0.478 e. The number of nitrogens with zero attached hydrogens (tertiary/aromatic N) is 1. The molecule has 1 aromatic rings. The van der Waals surface area contributed by atoms with E-state index in [0.717, 1.165) is 34.8 Å². The number of rotatable bonds is 4. The Bertz CT molecular complexity index is 495. The fraction of sp³-hybridized carbons (Fsp3) is 0.357. The van der Waals surface area contributed by atoms with Gasteiger partial charge in [-0.2, -0.15) is 0 Å². The van der Waals surface area contributed by atoms with Crippen LogP contribution in [0.3, 0.4) is 0 Å². The maximum atomic E-state index is 10.7. The summed E-state index contributed by atoms with van der Waals surface area (Å²) in [6.07, 6.45) is 3.77. The second-order valence-electron chi connectivity index (χ2n) is 4.50. The third kappa shape index (κ3) is 3.58. The molecule has 0 saturated carbocycles. The lowest BCUT2D eigenvalue weighted by atomic mass is 10.1. The molecule has 0 radical (unpaired) electrons. The SMILES string of the molecule is CN(c1ccc(Br)cc1/C=C/C(=O)O)C1CCOC1. The van der Waals surface area contributed by atoms with Gasteiger partial charge in [-0.15, -0.1) is 0 Å². The highest BCUT2D eigenvalue weighted by Crippen LogP contribution is 2.28. The van der Waals surface area contributed by atoms with Gasteiger partial charge in [-0.05, 0) is 36.3 Å². The molecule has 2 rings (SSSR count). The first-order valence-corrected chi connectivity index (χ1v) is 6.88. The fourth-order valence-electron chi connectivity index (χ4n) is 2.17. The number of anilines is 1. The Labute approximate surface area is 120 Å². The van der Waals surface area contributed by atoms with Crippen molar-refractivity contribution in [3.63, 3.8) is 0 Å². The van der Waals surface area contributed by atoms with E-state index in [1.54, 1.807) is 6.08 Å². The summed E-state index contributed by atoms with van der Waals surface area (Å²) in [4.78, 5) is 12.8. The smallest absolute Gasteiger partial charge is 0.328 e. The average molecular weight is 326 g/mol. The molecule has 1 atom stereocenters. The van der Waals surface area contributed by atoms with Crippen molar-refractivity contribution in [3.05, 3.63) is 34.3 Å². The molecule has 1 unspecified atom stereocenters. The Morgan fingerprint density at radius 3 is 3.00 bits per heavy atom. The van der Waals surface area contributed by atoms with Crippen LogP contribution in [-0.4, -0.2) is 37.4 Å². The van der Waals surface area contributed by atoms with Crippen LogP contribution < -0.4 is 4.90 Å². The molecule has 102 valence electrons. The van der Waals surface area contributed by atoms with Gasteiger partial charge in [-0.1, -0.05) is 15.9 Å². The number of hydrogen-bond acceptors (Lipinski definition) is 3. The van der Waals surface area contributed by atoms with Crippen LogP contribution in [0.2, 0.25) is 0 Å². The quantitative estimate of drug-likeness (QED) is 0.865. The lowest BCUT2D eigenvalue weighted by Crippen LogP contribution is -2.32. The number of carboxylic acid groups (broad SMARTS) is 1. The van der Waals surface area contributed by atoms with Crippen molar-refractivity contribution in [1.82, 2.24) is 0 Å².